The maximum atomic E-state index is 12.4. The minimum Gasteiger partial charge on any atom is -0.495 e. The van der Waals surface area contributed by atoms with Crippen LogP contribution in [0.15, 0.2) is 18.2 Å². The first-order valence-corrected chi connectivity index (χ1v) is 8.19. The predicted octanol–water partition coefficient (Wildman–Crippen LogP) is 1.11. The number of halogens is 1. The van der Waals surface area contributed by atoms with Crippen molar-refractivity contribution in [1.29, 1.82) is 0 Å². The third-order valence-corrected chi connectivity index (χ3v) is 3.74. The Balaban J connectivity index is 2.70. The number of quaternary nitrogens is 1. The van der Waals surface area contributed by atoms with Crippen LogP contribution in [0.4, 0.5) is 5.69 Å². The van der Waals surface area contributed by atoms with Gasteiger partial charge in [0.2, 0.25) is 0 Å². The van der Waals surface area contributed by atoms with Crippen LogP contribution in [0.2, 0.25) is 5.02 Å². The van der Waals surface area contributed by atoms with Crippen molar-refractivity contribution in [2.24, 2.45) is 0 Å². The number of benzene rings is 1. The molecule has 134 valence electrons. The molecule has 24 heavy (non-hydrogen) atoms. The quantitative estimate of drug-likeness (QED) is 0.715. The van der Waals surface area contributed by atoms with E-state index in [1.807, 2.05) is 27.8 Å². The molecule has 0 heterocycles. The number of carbonyl (C=O) groups excluding carboxylic acids is 2. The minimum absolute atomic E-state index is 0.0972. The average Bonchev–Trinajstić information content (AvgIpc) is 2.44. The lowest BCUT2D eigenvalue weighted by Crippen LogP contribution is -3.15. The molecule has 2 atom stereocenters. The number of methoxy groups -OCH3 is 1. The largest absolute Gasteiger partial charge is 0.495 e. The van der Waals surface area contributed by atoms with Crippen LogP contribution in [0, 0.1) is 0 Å². The zero-order chi connectivity index (χ0) is 18.5. The Kier molecular flexibility index (Phi) is 7.05. The molecule has 1 rings (SSSR count). The first-order valence-electron chi connectivity index (χ1n) is 7.81. The van der Waals surface area contributed by atoms with Crippen LogP contribution in [0.25, 0.3) is 0 Å². The Morgan fingerprint density at radius 3 is 2.50 bits per heavy atom. The lowest BCUT2D eigenvalue weighted by atomic mass is 10.1. The Morgan fingerprint density at radius 1 is 1.33 bits per heavy atom. The van der Waals surface area contributed by atoms with E-state index in [4.69, 9.17) is 16.3 Å². The lowest BCUT2D eigenvalue weighted by molar-refractivity contribution is -0.885. The average molecular weight is 357 g/mol. The molecular formula is C17H27ClN3O3+. The van der Waals surface area contributed by atoms with Gasteiger partial charge in [-0.15, -0.1) is 0 Å². The van der Waals surface area contributed by atoms with Crippen LogP contribution < -0.4 is 20.3 Å². The zero-order valence-electron chi connectivity index (χ0n) is 15.1. The van der Waals surface area contributed by atoms with Crippen LogP contribution in [-0.2, 0) is 9.59 Å². The summed E-state index contributed by atoms with van der Waals surface area (Å²) in [7, 11) is 3.33. The maximum absolute atomic E-state index is 12.4. The van der Waals surface area contributed by atoms with Crippen molar-refractivity contribution in [3.05, 3.63) is 23.2 Å². The normalized spacial score (nSPS) is 13.8. The molecule has 0 radical (unpaired) electrons. The van der Waals surface area contributed by atoms with Gasteiger partial charge in [-0.05, 0) is 45.9 Å². The molecule has 2 amide bonds. The van der Waals surface area contributed by atoms with Crippen LogP contribution in [0.1, 0.15) is 27.7 Å². The molecule has 1 aromatic rings. The number of hydrogen-bond donors (Lipinski definition) is 3. The Labute approximate surface area is 148 Å². The topological polar surface area (TPSA) is 71.9 Å². The van der Waals surface area contributed by atoms with Gasteiger partial charge in [0.1, 0.15) is 5.75 Å². The number of anilines is 1. The highest BCUT2D eigenvalue weighted by atomic mass is 35.5. The van der Waals surface area contributed by atoms with Gasteiger partial charge in [-0.2, -0.15) is 0 Å². The molecule has 0 fully saturated rings. The van der Waals surface area contributed by atoms with Crippen LogP contribution in [-0.4, -0.2) is 44.1 Å². The SMILES string of the molecule is COc1ccc(Cl)cc1NC(=O)[C@H](C)[NH+](C)CC(=O)NC(C)(C)C. The van der Waals surface area contributed by atoms with Crippen molar-refractivity contribution in [2.75, 3.05) is 26.0 Å². The van der Waals surface area contributed by atoms with E-state index in [1.54, 1.807) is 25.1 Å². The van der Waals surface area contributed by atoms with E-state index in [1.165, 1.54) is 7.11 Å². The molecule has 0 saturated carbocycles. The molecule has 0 spiro atoms. The van der Waals surface area contributed by atoms with E-state index in [9.17, 15) is 9.59 Å². The van der Waals surface area contributed by atoms with Gasteiger partial charge in [0.05, 0.1) is 19.8 Å². The van der Waals surface area contributed by atoms with E-state index in [2.05, 4.69) is 10.6 Å². The molecule has 0 aliphatic rings. The van der Waals surface area contributed by atoms with Crippen LogP contribution in [0.3, 0.4) is 0 Å². The number of hydrogen-bond acceptors (Lipinski definition) is 3. The molecule has 0 saturated heterocycles. The fourth-order valence-electron chi connectivity index (χ4n) is 2.11. The summed E-state index contributed by atoms with van der Waals surface area (Å²) in [4.78, 5) is 25.2. The summed E-state index contributed by atoms with van der Waals surface area (Å²) >= 11 is 5.96. The van der Waals surface area contributed by atoms with Gasteiger partial charge in [-0.1, -0.05) is 11.6 Å². The molecule has 0 aliphatic heterocycles. The fourth-order valence-corrected chi connectivity index (χ4v) is 2.28. The van der Waals surface area contributed by atoms with Crippen molar-refractivity contribution in [3.63, 3.8) is 0 Å². The monoisotopic (exact) mass is 356 g/mol. The summed E-state index contributed by atoms with van der Waals surface area (Å²) in [5.74, 6) is 0.222. The molecule has 0 aliphatic carbocycles. The van der Waals surface area contributed by atoms with E-state index in [0.29, 0.717) is 16.5 Å². The standard InChI is InChI=1S/C17H26ClN3O3/c1-11(21(5)10-15(22)20-17(2,3)4)16(23)19-13-9-12(18)7-8-14(13)24-6/h7-9,11H,10H2,1-6H3,(H,19,23)(H,20,22)/p+1/t11-/m0/s1. The van der Waals surface area contributed by atoms with E-state index >= 15 is 0 Å². The van der Waals surface area contributed by atoms with Gasteiger partial charge in [0, 0.05) is 10.6 Å². The highest BCUT2D eigenvalue weighted by molar-refractivity contribution is 6.31. The maximum Gasteiger partial charge on any atom is 0.282 e. The summed E-state index contributed by atoms with van der Waals surface area (Å²) in [6, 6.07) is 4.59. The highest BCUT2D eigenvalue weighted by Gasteiger charge is 2.26. The molecule has 1 unspecified atom stereocenters. The second kappa shape index (κ2) is 8.35. The van der Waals surface area contributed by atoms with E-state index in [0.717, 1.165) is 4.90 Å². The van der Waals surface area contributed by atoms with E-state index < -0.39 is 6.04 Å². The van der Waals surface area contributed by atoms with Crippen LogP contribution >= 0.6 is 11.6 Å². The summed E-state index contributed by atoms with van der Waals surface area (Å²) in [5.41, 5.74) is 0.214. The Hall–Kier alpha value is -1.79. The van der Waals surface area contributed by atoms with Crippen molar-refractivity contribution in [3.8, 4) is 5.75 Å². The molecule has 0 aromatic heterocycles. The number of amides is 2. The number of nitrogens with one attached hydrogen (secondary N) is 3. The summed E-state index contributed by atoms with van der Waals surface area (Å²) in [5, 5.41) is 6.20. The smallest absolute Gasteiger partial charge is 0.282 e. The summed E-state index contributed by atoms with van der Waals surface area (Å²) in [6.45, 7) is 7.73. The second-order valence-corrected chi connectivity index (χ2v) is 7.31. The van der Waals surface area contributed by atoms with Crippen LogP contribution in [0.5, 0.6) is 5.75 Å². The third-order valence-electron chi connectivity index (χ3n) is 3.51. The predicted molar refractivity (Wildman–Crippen MR) is 95.7 cm³/mol. The molecule has 7 heteroatoms. The third kappa shape index (κ3) is 6.37. The number of likely N-dealkylation sites (N-methyl/N-ethyl adjacent to an activating group) is 1. The number of carbonyl (C=O) groups is 2. The summed E-state index contributed by atoms with van der Waals surface area (Å²) < 4.78 is 5.22. The zero-order valence-corrected chi connectivity index (χ0v) is 15.9. The summed E-state index contributed by atoms with van der Waals surface area (Å²) in [6.07, 6.45) is 0. The lowest BCUT2D eigenvalue weighted by Gasteiger charge is -2.24. The van der Waals surface area contributed by atoms with Gasteiger partial charge in [-0.3, -0.25) is 9.59 Å². The fraction of sp³-hybridized carbons (Fsp3) is 0.529. The molecular weight excluding hydrogens is 330 g/mol. The molecule has 0 bridgehead atoms. The van der Waals surface area contributed by atoms with Gasteiger partial charge >= 0.3 is 0 Å². The highest BCUT2D eigenvalue weighted by Crippen LogP contribution is 2.27. The van der Waals surface area contributed by atoms with Gasteiger partial charge < -0.3 is 20.3 Å². The van der Waals surface area contributed by atoms with Gasteiger partial charge in [-0.25, -0.2) is 0 Å². The van der Waals surface area contributed by atoms with Crippen molar-refractivity contribution < 1.29 is 19.2 Å². The Morgan fingerprint density at radius 2 is 1.96 bits per heavy atom. The Bertz CT molecular complexity index is 599. The van der Waals surface area contributed by atoms with Crippen molar-refractivity contribution in [1.82, 2.24) is 5.32 Å². The molecule has 3 N–H and O–H groups in total. The van der Waals surface area contributed by atoms with Crippen molar-refractivity contribution >= 4 is 29.1 Å². The molecule has 6 nitrogen and oxygen atoms in total. The number of rotatable bonds is 6. The first kappa shape index (κ1) is 20.3. The van der Waals surface area contributed by atoms with E-state index in [-0.39, 0.29) is 23.9 Å². The van der Waals surface area contributed by atoms with Crippen molar-refractivity contribution in [2.45, 2.75) is 39.3 Å². The van der Waals surface area contributed by atoms with Gasteiger partial charge in [0.15, 0.2) is 12.6 Å². The first-order chi connectivity index (χ1) is 11.0. The number of ether oxygens (including phenoxy) is 1. The second-order valence-electron chi connectivity index (χ2n) is 6.88. The van der Waals surface area contributed by atoms with Gasteiger partial charge in [0.25, 0.3) is 11.8 Å². The minimum atomic E-state index is -0.417. The molecule has 1 aromatic carbocycles.